The molecule has 316 valence electrons. The normalized spacial score (nSPS) is 12.6. The maximum atomic E-state index is 5.64. The van der Waals surface area contributed by atoms with Gasteiger partial charge in [-0.15, -0.1) is 0 Å². The fourth-order valence-electron chi connectivity index (χ4n) is 10.4. The van der Waals surface area contributed by atoms with Crippen LogP contribution in [0.25, 0.3) is 60.5 Å². The maximum absolute atomic E-state index is 5.64. The number of para-hydroxylation sites is 3. The summed E-state index contributed by atoms with van der Waals surface area (Å²) in [6, 6.07) is 83.8. The molecule has 0 fully saturated rings. The molecule has 0 aliphatic heterocycles. The number of anilines is 6. The first-order valence-electron chi connectivity index (χ1n) is 22.7. The number of aromatic nitrogens is 1. The SMILES string of the molecule is COc1ccc(N(c2ccccc2)c2ccc(N(c3ccccc3)c3ccc4c(c3)C(C)(C)c3ccccc3-4)cc2-c2ccc3c(c2)c2ccccc2n3-c2ccc3ccccc3c2)cc1. The summed E-state index contributed by atoms with van der Waals surface area (Å²) in [5.74, 6) is 0.815. The van der Waals surface area contributed by atoms with Gasteiger partial charge in [-0.1, -0.05) is 135 Å². The molecule has 10 aromatic carbocycles. The van der Waals surface area contributed by atoms with Gasteiger partial charge in [0.15, 0.2) is 0 Å². The third-order valence-electron chi connectivity index (χ3n) is 13.6. The van der Waals surface area contributed by atoms with Gasteiger partial charge in [-0.2, -0.15) is 0 Å². The van der Waals surface area contributed by atoms with Crippen molar-refractivity contribution in [3.63, 3.8) is 0 Å². The summed E-state index contributed by atoms with van der Waals surface area (Å²) in [5, 5.41) is 4.86. The van der Waals surface area contributed by atoms with Crippen molar-refractivity contribution in [1.29, 1.82) is 0 Å². The van der Waals surface area contributed by atoms with Crippen molar-refractivity contribution < 1.29 is 4.74 Å². The average Bonchev–Trinajstić information content (AvgIpc) is 3.82. The first kappa shape index (κ1) is 39.3. The van der Waals surface area contributed by atoms with Gasteiger partial charge in [0.05, 0.1) is 23.8 Å². The highest BCUT2D eigenvalue weighted by Crippen LogP contribution is 2.52. The second kappa shape index (κ2) is 15.7. The van der Waals surface area contributed by atoms with Gasteiger partial charge in [-0.3, -0.25) is 0 Å². The Morgan fingerprint density at radius 3 is 1.79 bits per heavy atom. The van der Waals surface area contributed by atoms with Crippen LogP contribution in [0.1, 0.15) is 25.0 Å². The molecule has 1 heterocycles. The Morgan fingerprint density at radius 1 is 0.394 bits per heavy atom. The number of fused-ring (bicyclic) bond motifs is 7. The minimum Gasteiger partial charge on any atom is -0.497 e. The molecule has 0 bridgehead atoms. The molecule has 1 aromatic heterocycles. The van der Waals surface area contributed by atoms with E-state index < -0.39 is 0 Å². The summed E-state index contributed by atoms with van der Waals surface area (Å²) in [4.78, 5) is 4.78. The van der Waals surface area contributed by atoms with E-state index in [1.54, 1.807) is 7.11 Å². The molecular weight excluding hydrogens is 803 g/mol. The van der Waals surface area contributed by atoms with E-state index >= 15 is 0 Å². The lowest BCUT2D eigenvalue weighted by molar-refractivity contribution is 0.415. The maximum Gasteiger partial charge on any atom is 0.119 e. The van der Waals surface area contributed by atoms with Crippen LogP contribution in [0.5, 0.6) is 5.75 Å². The summed E-state index contributed by atoms with van der Waals surface area (Å²) < 4.78 is 8.06. The molecule has 4 nitrogen and oxygen atoms in total. The second-order valence-corrected chi connectivity index (χ2v) is 17.8. The first-order valence-corrected chi connectivity index (χ1v) is 22.7. The van der Waals surface area contributed by atoms with E-state index in [4.69, 9.17) is 4.74 Å². The Hall–Kier alpha value is -8.34. The van der Waals surface area contributed by atoms with Crippen LogP contribution >= 0.6 is 0 Å². The van der Waals surface area contributed by atoms with Crippen molar-refractivity contribution >= 4 is 66.7 Å². The minimum absolute atomic E-state index is 0.144. The molecule has 0 saturated heterocycles. The molecule has 66 heavy (non-hydrogen) atoms. The van der Waals surface area contributed by atoms with Gasteiger partial charge < -0.3 is 19.1 Å². The van der Waals surface area contributed by atoms with Gasteiger partial charge in [-0.25, -0.2) is 0 Å². The quantitative estimate of drug-likeness (QED) is 0.144. The fourth-order valence-corrected chi connectivity index (χ4v) is 10.4. The summed E-state index contributed by atoms with van der Waals surface area (Å²) in [6.07, 6.45) is 0. The molecule has 1 aliphatic rings. The summed E-state index contributed by atoms with van der Waals surface area (Å²) >= 11 is 0. The summed E-state index contributed by atoms with van der Waals surface area (Å²) in [6.45, 7) is 4.71. The number of methoxy groups -OCH3 is 1. The molecule has 0 atom stereocenters. The lowest BCUT2D eigenvalue weighted by Gasteiger charge is -2.31. The minimum atomic E-state index is -0.144. The highest BCUT2D eigenvalue weighted by Gasteiger charge is 2.36. The van der Waals surface area contributed by atoms with Gasteiger partial charge in [-0.05, 0) is 148 Å². The monoisotopic (exact) mass is 849 g/mol. The average molecular weight is 850 g/mol. The van der Waals surface area contributed by atoms with E-state index in [1.807, 2.05) is 12.1 Å². The van der Waals surface area contributed by atoms with Crippen molar-refractivity contribution in [1.82, 2.24) is 4.57 Å². The van der Waals surface area contributed by atoms with Gasteiger partial charge in [0, 0.05) is 55.9 Å². The Labute approximate surface area is 385 Å². The van der Waals surface area contributed by atoms with E-state index in [1.165, 1.54) is 49.3 Å². The largest absolute Gasteiger partial charge is 0.497 e. The molecule has 0 unspecified atom stereocenters. The number of hydrogen-bond acceptors (Lipinski definition) is 3. The Balaban J connectivity index is 1.10. The zero-order valence-electron chi connectivity index (χ0n) is 37.2. The van der Waals surface area contributed by atoms with Crippen LogP contribution in [-0.4, -0.2) is 11.7 Å². The molecule has 4 heteroatoms. The second-order valence-electron chi connectivity index (χ2n) is 17.8. The molecule has 12 rings (SSSR count). The Kier molecular flexibility index (Phi) is 9.35. The van der Waals surface area contributed by atoms with Crippen LogP contribution in [0.15, 0.2) is 231 Å². The van der Waals surface area contributed by atoms with E-state index in [2.05, 4.69) is 247 Å². The van der Waals surface area contributed by atoms with E-state index in [0.29, 0.717) is 0 Å². The molecule has 1 aliphatic carbocycles. The predicted octanol–water partition coefficient (Wildman–Crippen LogP) is 16.9. The first-order chi connectivity index (χ1) is 32.4. The van der Waals surface area contributed by atoms with Crippen molar-refractivity contribution in [2.45, 2.75) is 19.3 Å². The van der Waals surface area contributed by atoms with E-state index in [9.17, 15) is 0 Å². The standard InChI is InChI=1S/C62H47N3O/c1-62(2)57-24-14-12-22-52(57)53-35-31-50(41-58(53)62)63(45-18-6-4-7-19-45)49-32-37-60(64(46-20-8-5-9-21-46)47-29-33-51(66-3)34-30-47)55(40-49)44-27-36-61-56(39-44)54-23-13-15-25-59(54)65(61)48-28-26-42-16-10-11-17-43(42)38-48/h4-41H,1-3H3. The highest BCUT2D eigenvalue weighted by molar-refractivity contribution is 6.11. The van der Waals surface area contributed by atoms with Crippen LogP contribution in [-0.2, 0) is 5.41 Å². The number of hydrogen-bond donors (Lipinski definition) is 0. The van der Waals surface area contributed by atoms with Crippen LogP contribution in [0.4, 0.5) is 34.1 Å². The zero-order chi connectivity index (χ0) is 44.4. The van der Waals surface area contributed by atoms with Gasteiger partial charge in [0.1, 0.15) is 5.75 Å². The fraction of sp³-hybridized carbons (Fsp3) is 0.0645. The molecular formula is C62H47N3O. The highest BCUT2D eigenvalue weighted by atomic mass is 16.5. The molecule has 0 amide bonds. The van der Waals surface area contributed by atoms with Crippen molar-refractivity contribution in [3.05, 3.63) is 242 Å². The molecule has 0 radical (unpaired) electrons. The predicted molar refractivity (Wildman–Crippen MR) is 277 cm³/mol. The lowest BCUT2D eigenvalue weighted by atomic mass is 9.82. The van der Waals surface area contributed by atoms with Gasteiger partial charge >= 0.3 is 0 Å². The Bertz CT molecular complexity index is 3610. The molecule has 0 N–H and O–H groups in total. The van der Waals surface area contributed by atoms with Gasteiger partial charge in [0.25, 0.3) is 0 Å². The van der Waals surface area contributed by atoms with E-state index in [-0.39, 0.29) is 5.41 Å². The van der Waals surface area contributed by atoms with Gasteiger partial charge in [0.2, 0.25) is 0 Å². The van der Waals surface area contributed by atoms with Crippen LogP contribution in [0, 0.1) is 0 Å². The van der Waals surface area contributed by atoms with Crippen molar-refractivity contribution in [3.8, 4) is 33.7 Å². The van der Waals surface area contributed by atoms with Crippen LogP contribution in [0.3, 0.4) is 0 Å². The smallest absolute Gasteiger partial charge is 0.119 e. The number of ether oxygens (including phenoxy) is 1. The third kappa shape index (κ3) is 6.44. The molecule has 11 aromatic rings. The lowest BCUT2D eigenvalue weighted by Crippen LogP contribution is -2.17. The Morgan fingerprint density at radius 2 is 1.00 bits per heavy atom. The topological polar surface area (TPSA) is 20.6 Å². The molecule has 0 spiro atoms. The number of benzene rings is 10. The van der Waals surface area contributed by atoms with Crippen LogP contribution in [0.2, 0.25) is 0 Å². The summed E-state index contributed by atoms with van der Waals surface area (Å²) in [7, 11) is 1.72. The van der Waals surface area contributed by atoms with Crippen molar-refractivity contribution in [2.24, 2.45) is 0 Å². The number of nitrogens with zero attached hydrogens (tertiary/aromatic N) is 3. The van der Waals surface area contributed by atoms with Crippen LogP contribution < -0.4 is 14.5 Å². The zero-order valence-corrected chi connectivity index (χ0v) is 37.2. The number of rotatable bonds is 9. The van der Waals surface area contributed by atoms with Crippen molar-refractivity contribution in [2.75, 3.05) is 16.9 Å². The third-order valence-corrected chi connectivity index (χ3v) is 13.6. The van der Waals surface area contributed by atoms with E-state index in [0.717, 1.165) is 62.2 Å². The molecule has 0 saturated carbocycles. The summed E-state index contributed by atoms with van der Waals surface area (Å²) in [5.41, 5.74) is 17.3.